The lowest BCUT2D eigenvalue weighted by Gasteiger charge is -2.17. The number of imidazole rings is 1. The molecule has 1 heterocycles. The molecule has 4 heteroatoms. The van der Waals surface area contributed by atoms with Crippen molar-refractivity contribution in [1.82, 2.24) is 9.55 Å². The standard InChI is InChI=1S/C14H19N3O/c1-5-17-11-9-7-6-8-10(11)15-13(17)16-12(18)14(2,3)4/h6-9H,5H2,1-4H3,(H,15,16,18). The van der Waals surface area contributed by atoms with Crippen LogP contribution >= 0.6 is 0 Å². The fourth-order valence-corrected chi connectivity index (χ4v) is 1.78. The van der Waals surface area contributed by atoms with Gasteiger partial charge in [-0.05, 0) is 19.1 Å². The van der Waals surface area contributed by atoms with Gasteiger partial charge in [0.2, 0.25) is 11.9 Å². The summed E-state index contributed by atoms with van der Waals surface area (Å²) in [6, 6.07) is 7.89. The summed E-state index contributed by atoms with van der Waals surface area (Å²) >= 11 is 0. The van der Waals surface area contributed by atoms with Gasteiger partial charge in [0, 0.05) is 12.0 Å². The fourth-order valence-electron chi connectivity index (χ4n) is 1.78. The summed E-state index contributed by atoms with van der Waals surface area (Å²) in [5, 5.41) is 2.90. The average Bonchev–Trinajstić information content (AvgIpc) is 2.64. The number of hydrogen-bond donors (Lipinski definition) is 1. The minimum absolute atomic E-state index is 0.0208. The normalized spacial score (nSPS) is 11.8. The van der Waals surface area contributed by atoms with E-state index in [2.05, 4.69) is 10.3 Å². The summed E-state index contributed by atoms with van der Waals surface area (Å²) in [4.78, 5) is 16.5. The van der Waals surface area contributed by atoms with Crippen LogP contribution in [-0.2, 0) is 11.3 Å². The van der Waals surface area contributed by atoms with E-state index in [-0.39, 0.29) is 5.91 Å². The molecule has 4 nitrogen and oxygen atoms in total. The lowest BCUT2D eigenvalue weighted by molar-refractivity contribution is -0.123. The zero-order valence-electron chi connectivity index (χ0n) is 11.3. The van der Waals surface area contributed by atoms with Crippen LogP contribution in [0.3, 0.4) is 0 Å². The van der Waals surface area contributed by atoms with E-state index in [4.69, 9.17) is 0 Å². The Labute approximate surface area is 107 Å². The predicted molar refractivity (Wildman–Crippen MR) is 73.5 cm³/mol. The molecule has 0 unspecified atom stereocenters. The maximum Gasteiger partial charge on any atom is 0.232 e. The summed E-state index contributed by atoms with van der Waals surface area (Å²) in [5.41, 5.74) is 1.53. The van der Waals surface area contributed by atoms with Gasteiger partial charge in [-0.3, -0.25) is 10.1 Å². The zero-order chi connectivity index (χ0) is 13.3. The van der Waals surface area contributed by atoms with Crippen molar-refractivity contribution >= 4 is 22.9 Å². The van der Waals surface area contributed by atoms with Crippen LogP contribution in [0.1, 0.15) is 27.7 Å². The molecular weight excluding hydrogens is 226 g/mol. The topological polar surface area (TPSA) is 46.9 Å². The summed E-state index contributed by atoms with van der Waals surface area (Å²) < 4.78 is 2.01. The highest BCUT2D eigenvalue weighted by Crippen LogP contribution is 2.22. The van der Waals surface area contributed by atoms with Crippen molar-refractivity contribution in [2.75, 3.05) is 5.32 Å². The Morgan fingerprint density at radius 3 is 2.61 bits per heavy atom. The molecule has 2 aromatic rings. The van der Waals surface area contributed by atoms with Gasteiger partial charge in [0.15, 0.2) is 0 Å². The Kier molecular flexibility index (Phi) is 3.11. The van der Waals surface area contributed by atoms with E-state index >= 15 is 0 Å². The number of aromatic nitrogens is 2. The third-order valence-corrected chi connectivity index (χ3v) is 2.88. The number of carbonyl (C=O) groups excluding carboxylic acids is 1. The molecule has 1 N–H and O–H groups in total. The van der Waals surface area contributed by atoms with Crippen molar-refractivity contribution in [3.05, 3.63) is 24.3 Å². The van der Waals surface area contributed by atoms with Crippen molar-refractivity contribution in [1.29, 1.82) is 0 Å². The molecule has 96 valence electrons. The van der Waals surface area contributed by atoms with Gasteiger partial charge in [-0.2, -0.15) is 0 Å². The summed E-state index contributed by atoms with van der Waals surface area (Å²) in [5.74, 6) is 0.603. The number of rotatable bonds is 2. The van der Waals surface area contributed by atoms with E-state index in [0.717, 1.165) is 17.6 Å². The smallest absolute Gasteiger partial charge is 0.232 e. The van der Waals surface area contributed by atoms with E-state index in [0.29, 0.717) is 5.95 Å². The number of carbonyl (C=O) groups is 1. The van der Waals surface area contributed by atoms with E-state index in [1.807, 2.05) is 56.5 Å². The van der Waals surface area contributed by atoms with E-state index in [1.54, 1.807) is 0 Å². The largest absolute Gasteiger partial charge is 0.310 e. The van der Waals surface area contributed by atoms with Crippen LogP contribution in [0.15, 0.2) is 24.3 Å². The van der Waals surface area contributed by atoms with Gasteiger partial charge in [0.05, 0.1) is 11.0 Å². The first kappa shape index (κ1) is 12.6. The molecule has 0 spiro atoms. The Hall–Kier alpha value is -1.84. The minimum Gasteiger partial charge on any atom is -0.310 e. The maximum absolute atomic E-state index is 12.0. The van der Waals surface area contributed by atoms with Gasteiger partial charge in [-0.1, -0.05) is 32.9 Å². The van der Waals surface area contributed by atoms with E-state index in [9.17, 15) is 4.79 Å². The molecule has 0 radical (unpaired) electrons. The van der Waals surface area contributed by atoms with Crippen LogP contribution in [0.5, 0.6) is 0 Å². The molecule has 0 saturated carbocycles. The number of para-hydroxylation sites is 2. The number of nitrogens with one attached hydrogen (secondary N) is 1. The second-order valence-electron chi connectivity index (χ2n) is 5.37. The molecule has 0 fully saturated rings. The van der Waals surface area contributed by atoms with Crippen molar-refractivity contribution in [3.8, 4) is 0 Å². The van der Waals surface area contributed by atoms with Crippen LogP contribution in [0.4, 0.5) is 5.95 Å². The van der Waals surface area contributed by atoms with Gasteiger partial charge in [0.25, 0.3) is 0 Å². The number of benzene rings is 1. The van der Waals surface area contributed by atoms with Gasteiger partial charge in [-0.15, -0.1) is 0 Å². The number of nitrogens with zero attached hydrogens (tertiary/aromatic N) is 2. The minimum atomic E-state index is -0.420. The van der Waals surface area contributed by atoms with Crippen molar-refractivity contribution in [2.45, 2.75) is 34.2 Å². The van der Waals surface area contributed by atoms with Crippen molar-refractivity contribution in [2.24, 2.45) is 5.41 Å². The highest BCUT2D eigenvalue weighted by Gasteiger charge is 2.23. The molecule has 0 aliphatic rings. The molecule has 1 aromatic carbocycles. The predicted octanol–water partition coefficient (Wildman–Crippen LogP) is 3.04. The third kappa shape index (κ3) is 2.23. The first-order valence-electron chi connectivity index (χ1n) is 6.20. The maximum atomic E-state index is 12.0. The number of aryl methyl sites for hydroxylation is 1. The number of hydrogen-bond acceptors (Lipinski definition) is 2. The fraction of sp³-hybridized carbons (Fsp3) is 0.429. The second-order valence-corrected chi connectivity index (χ2v) is 5.37. The third-order valence-electron chi connectivity index (χ3n) is 2.88. The molecule has 2 rings (SSSR count). The monoisotopic (exact) mass is 245 g/mol. The Balaban J connectivity index is 2.42. The summed E-state index contributed by atoms with van der Waals surface area (Å²) in [6.45, 7) is 8.49. The summed E-state index contributed by atoms with van der Waals surface area (Å²) in [6.07, 6.45) is 0. The second kappa shape index (κ2) is 4.44. The van der Waals surface area contributed by atoms with Gasteiger partial charge in [0.1, 0.15) is 0 Å². The zero-order valence-corrected chi connectivity index (χ0v) is 11.3. The van der Waals surface area contributed by atoms with Gasteiger partial charge < -0.3 is 4.57 Å². The molecule has 0 saturated heterocycles. The van der Waals surface area contributed by atoms with Crippen LogP contribution in [-0.4, -0.2) is 15.5 Å². The van der Waals surface area contributed by atoms with Gasteiger partial charge in [-0.25, -0.2) is 4.98 Å². The molecule has 0 aliphatic heterocycles. The first-order valence-corrected chi connectivity index (χ1v) is 6.20. The molecule has 1 aromatic heterocycles. The molecule has 1 amide bonds. The molecule has 0 atom stereocenters. The Morgan fingerprint density at radius 2 is 2.00 bits per heavy atom. The van der Waals surface area contributed by atoms with Crippen LogP contribution < -0.4 is 5.32 Å². The molecule has 0 aliphatic carbocycles. The molecule has 0 bridgehead atoms. The molecular formula is C14H19N3O. The highest BCUT2D eigenvalue weighted by atomic mass is 16.2. The first-order chi connectivity index (χ1) is 8.43. The Morgan fingerprint density at radius 1 is 1.33 bits per heavy atom. The Bertz CT molecular complexity index is 578. The van der Waals surface area contributed by atoms with Crippen LogP contribution in [0.25, 0.3) is 11.0 Å². The number of fused-ring (bicyclic) bond motifs is 1. The van der Waals surface area contributed by atoms with Crippen LogP contribution in [0, 0.1) is 5.41 Å². The number of anilines is 1. The van der Waals surface area contributed by atoms with E-state index < -0.39 is 5.41 Å². The lowest BCUT2D eigenvalue weighted by atomic mass is 9.96. The number of amides is 1. The average molecular weight is 245 g/mol. The van der Waals surface area contributed by atoms with Crippen molar-refractivity contribution < 1.29 is 4.79 Å². The SMILES string of the molecule is CCn1c(NC(=O)C(C)(C)C)nc2ccccc21. The van der Waals surface area contributed by atoms with Crippen LogP contribution in [0.2, 0.25) is 0 Å². The van der Waals surface area contributed by atoms with Crippen molar-refractivity contribution in [3.63, 3.8) is 0 Å². The van der Waals surface area contributed by atoms with E-state index in [1.165, 1.54) is 0 Å². The quantitative estimate of drug-likeness (QED) is 0.884. The lowest BCUT2D eigenvalue weighted by Crippen LogP contribution is -2.29. The van der Waals surface area contributed by atoms with Gasteiger partial charge >= 0.3 is 0 Å². The summed E-state index contributed by atoms with van der Waals surface area (Å²) in [7, 11) is 0. The molecule has 18 heavy (non-hydrogen) atoms. The highest BCUT2D eigenvalue weighted by molar-refractivity contribution is 5.94.